The van der Waals surface area contributed by atoms with Gasteiger partial charge >= 0.3 is 5.97 Å². The zero-order valence-electron chi connectivity index (χ0n) is 13.7. The lowest BCUT2D eigenvalue weighted by Gasteiger charge is -2.18. The first kappa shape index (κ1) is 17.7. The topological polar surface area (TPSA) is 55.4 Å². The molecule has 2 rings (SSSR count). The van der Waals surface area contributed by atoms with Gasteiger partial charge in [0.2, 0.25) is 0 Å². The van der Waals surface area contributed by atoms with Crippen LogP contribution in [0.15, 0.2) is 54.6 Å². The molecule has 24 heavy (non-hydrogen) atoms. The third-order valence-corrected chi connectivity index (χ3v) is 3.67. The van der Waals surface area contributed by atoms with Gasteiger partial charge in [-0.05, 0) is 43.2 Å². The Morgan fingerprint density at radius 2 is 1.71 bits per heavy atom. The van der Waals surface area contributed by atoms with E-state index in [0.717, 1.165) is 5.56 Å². The van der Waals surface area contributed by atoms with E-state index in [9.17, 15) is 14.0 Å². The highest BCUT2D eigenvalue weighted by Gasteiger charge is 2.25. The molecule has 0 fully saturated rings. The summed E-state index contributed by atoms with van der Waals surface area (Å²) >= 11 is 0. The van der Waals surface area contributed by atoms with Crippen LogP contribution in [0.5, 0.6) is 0 Å². The molecule has 0 aliphatic heterocycles. The first-order chi connectivity index (χ1) is 11.5. The van der Waals surface area contributed by atoms with Crippen molar-refractivity contribution in [2.24, 2.45) is 0 Å². The molecule has 2 atom stereocenters. The SMILES string of the molecule is CC[C@H](C(=O)O[C@H](C)C(=O)Nc1ccc(F)cc1)c1ccccc1. The van der Waals surface area contributed by atoms with Gasteiger partial charge in [0.25, 0.3) is 5.91 Å². The molecule has 1 amide bonds. The van der Waals surface area contributed by atoms with Gasteiger partial charge in [0.05, 0.1) is 5.92 Å². The van der Waals surface area contributed by atoms with E-state index < -0.39 is 23.9 Å². The van der Waals surface area contributed by atoms with Crippen LogP contribution < -0.4 is 5.32 Å². The molecule has 2 aromatic rings. The monoisotopic (exact) mass is 329 g/mol. The van der Waals surface area contributed by atoms with Crippen LogP contribution >= 0.6 is 0 Å². The van der Waals surface area contributed by atoms with Crippen molar-refractivity contribution < 1.29 is 18.7 Å². The number of rotatable bonds is 6. The average Bonchev–Trinajstić information content (AvgIpc) is 2.58. The molecule has 0 aromatic heterocycles. The highest BCUT2D eigenvalue weighted by atomic mass is 19.1. The Balaban J connectivity index is 1.97. The quantitative estimate of drug-likeness (QED) is 0.818. The summed E-state index contributed by atoms with van der Waals surface area (Å²) in [5.74, 6) is -1.70. The van der Waals surface area contributed by atoms with Crippen molar-refractivity contribution in [3.63, 3.8) is 0 Å². The zero-order valence-corrected chi connectivity index (χ0v) is 13.7. The molecule has 0 saturated carbocycles. The van der Waals surface area contributed by atoms with E-state index in [1.807, 2.05) is 37.3 Å². The van der Waals surface area contributed by atoms with Crippen LogP contribution in [-0.4, -0.2) is 18.0 Å². The van der Waals surface area contributed by atoms with E-state index in [-0.39, 0.29) is 5.82 Å². The van der Waals surface area contributed by atoms with Crippen molar-refractivity contribution in [3.8, 4) is 0 Å². The lowest BCUT2D eigenvalue weighted by molar-refractivity contribution is -0.154. The summed E-state index contributed by atoms with van der Waals surface area (Å²) < 4.78 is 18.2. The van der Waals surface area contributed by atoms with Gasteiger partial charge in [-0.15, -0.1) is 0 Å². The standard InChI is InChI=1S/C19H20FNO3/c1-3-17(14-7-5-4-6-8-14)19(23)24-13(2)18(22)21-16-11-9-15(20)10-12-16/h4-13,17H,3H2,1-2H3,(H,21,22)/t13-,17+/m1/s1. The summed E-state index contributed by atoms with van der Waals surface area (Å²) in [5.41, 5.74) is 1.30. The number of amides is 1. The zero-order chi connectivity index (χ0) is 17.5. The Bertz CT molecular complexity index is 686. The normalized spacial score (nSPS) is 13.0. The highest BCUT2D eigenvalue weighted by Crippen LogP contribution is 2.21. The summed E-state index contributed by atoms with van der Waals surface area (Å²) in [6.45, 7) is 3.40. The largest absolute Gasteiger partial charge is 0.452 e. The summed E-state index contributed by atoms with van der Waals surface area (Å²) in [5, 5.41) is 2.59. The maximum Gasteiger partial charge on any atom is 0.314 e. The minimum atomic E-state index is -0.944. The predicted molar refractivity (Wildman–Crippen MR) is 90.1 cm³/mol. The number of esters is 1. The molecule has 2 aromatic carbocycles. The van der Waals surface area contributed by atoms with Crippen molar-refractivity contribution in [1.29, 1.82) is 0 Å². The van der Waals surface area contributed by atoms with Gasteiger partial charge in [-0.25, -0.2) is 4.39 Å². The second kappa shape index (κ2) is 8.24. The number of hydrogen-bond acceptors (Lipinski definition) is 3. The Hall–Kier alpha value is -2.69. The minimum Gasteiger partial charge on any atom is -0.452 e. The molecular weight excluding hydrogens is 309 g/mol. The molecule has 0 aliphatic rings. The summed E-state index contributed by atoms with van der Waals surface area (Å²) in [7, 11) is 0. The van der Waals surface area contributed by atoms with Gasteiger partial charge < -0.3 is 10.1 Å². The molecule has 0 saturated heterocycles. The molecular formula is C19H20FNO3. The van der Waals surface area contributed by atoms with Gasteiger partial charge in [-0.2, -0.15) is 0 Å². The molecule has 126 valence electrons. The first-order valence-electron chi connectivity index (χ1n) is 7.83. The summed E-state index contributed by atoms with van der Waals surface area (Å²) in [6.07, 6.45) is -0.366. The minimum absolute atomic E-state index is 0.388. The van der Waals surface area contributed by atoms with Crippen LogP contribution in [0.1, 0.15) is 31.7 Å². The van der Waals surface area contributed by atoms with Crippen LogP contribution in [0.4, 0.5) is 10.1 Å². The van der Waals surface area contributed by atoms with E-state index in [2.05, 4.69) is 5.32 Å². The molecule has 5 heteroatoms. The van der Waals surface area contributed by atoms with E-state index in [1.165, 1.54) is 31.2 Å². The maximum absolute atomic E-state index is 12.9. The summed E-state index contributed by atoms with van der Waals surface area (Å²) in [4.78, 5) is 24.4. The molecule has 0 bridgehead atoms. The molecule has 1 N–H and O–H groups in total. The van der Waals surface area contributed by atoms with Crippen molar-refractivity contribution in [2.75, 3.05) is 5.32 Å². The lowest BCUT2D eigenvalue weighted by atomic mass is 9.97. The van der Waals surface area contributed by atoms with Crippen molar-refractivity contribution >= 4 is 17.6 Å². The molecule has 4 nitrogen and oxygen atoms in total. The number of ether oxygens (including phenoxy) is 1. The summed E-state index contributed by atoms with van der Waals surface area (Å²) in [6, 6.07) is 14.7. The van der Waals surface area contributed by atoms with E-state index in [1.54, 1.807) is 0 Å². The van der Waals surface area contributed by atoms with Gasteiger partial charge in [0.1, 0.15) is 5.82 Å². The average molecular weight is 329 g/mol. The van der Waals surface area contributed by atoms with Crippen LogP contribution in [-0.2, 0) is 14.3 Å². The number of carbonyl (C=O) groups is 2. The number of anilines is 1. The number of nitrogens with one attached hydrogen (secondary N) is 1. The smallest absolute Gasteiger partial charge is 0.314 e. The molecule has 0 heterocycles. The Morgan fingerprint density at radius 1 is 1.08 bits per heavy atom. The van der Waals surface area contributed by atoms with Crippen molar-refractivity contribution in [3.05, 3.63) is 66.0 Å². The Kier molecular flexibility index (Phi) is 6.07. The number of benzene rings is 2. The van der Waals surface area contributed by atoms with Gasteiger partial charge in [-0.3, -0.25) is 9.59 Å². The number of halogens is 1. The van der Waals surface area contributed by atoms with Gasteiger partial charge in [0.15, 0.2) is 6.10 Å². The highest BCUT2D eigenvalue weighted by molar-refractivity contribution is 5.95. The fraction of sp³-hybridized carbons (Fsp3) is 0.263. The maximum atomic E-state index is 12.9. The third kappa shape index (κ3) is 4.65. The van der Waals surface area contributed by atoms with Crippen molar-refractivity contribution in [1.82, 2.24) is 0 Å². The van der Waals surface area contributed by atoms with E-state index >= 15 is 0 Å². The second-order valence-electron chi connectivity index (χ2n) is 5.45. The van der Waals surface area contributed by atoms with E-state index in [4.69, 9.17) is 4.74 Å². The molecule has 0 radical (unpaired) electrons. The molecule has 0 unspecified atom stereocenters. The second-order valence-corrected chi connectivity index (χ2v) is 5.45. The Labute approximate surface area is 140 Å². The van der Waals surface area contributed by atoms with Crippen LogP contribution in [0.3, 0.4) is 0 Å². The predicted octanol–water partition coefficient (Wildman–Crippen LogP) is 3.89. The first-order valence-corrected chi connectivity index (χ1v) is 7.83. The Morgan fingerprint density at radius 3 is 2.29 bits per heavy atom. The van der Waals surface area contributed by atoms with Gasteiger partial charge in [-0.1, -0.05) is 37.3 Å². The van der Waals surface area contributed by atoms with Crippen LogP contribution in [0.2, 0.25) is 0 Å². The molecule has 0 spiro atoms. The van der Waals surface area contributed by atoms with Crippen molar-refractivity contribution in [2.45, 2.75) is 32.3 Å². The fourth-order valence-electron chi connectivity index (χ4n) is 2.31. The molecule has 0 aliphatic carbocycles. The van der Waals surface area contributed by atoms with Crippen LogP contribution in [0.25, 0.3) is 0 Å². The number of carbonyl (C=O) groups excluding carboxylic acids is 2. The van der Waals surface area contributed by atoms with Gasteiger partial charge in [0, 0.05) is 5.69 Å². The van der Waals surface area contributed by atoms with E-state index in [0.29, 0.717) is 12.1 Å². The third-order valence-electron chi connectivity index (χ3n) is 3.67. The van der Waals surface area contributed by atoms with Crippen LogP contribution in [0, 0.1) is 5.82 Å². The fourth-order valence-corrected chi connectivity index (χ4v) is 2.31. The lowest BCUT2D eigenvalue weighted by Crippen LogP contribution is -2.31. The number of hydrogen-bond donors (Lipinski definition) is 1.